The highest BCUT2D eigenvalue weighted by Crippen LogP contribution is 2.22. The van der Waals surface area contributed by atoms with Gasteiger partial charge in [0.25, 0.3) is 0 Å². The van der Waals surface area contributed by atoms with E-state index in [-0.39, 0.29) is 0 Å². The average molecular weight is 241 g/mol. The van der Waals surface area contributed by atoms with Crippen molar-refractivity contribution in [2.45, 2.75) is 6.92 Å². The largest absolute Gasteiger partial charge is 0.383 e. The maximum Gasteiger partial charge on any atom is 0.185 e. The van der Waals surface area contributed by atoms with Crippen molar-refractivity contribution in [3.8, 4) is 0 Å². The van der Waals surface area contributed by atoms with E-state index in [9.17, 15) is 0 Å². The predicted octanol–water partition coefficient (Wildman–Crippen LogP) is 1.22. The predicted molar refractivity (Wildman–Crippen MR) is 67.4 cm³/mol. The topological polar surface area (TPSA) is 28.6 Å². The van der Waals surface area contributed by atoms with Crippen LogP contribution in [0.3, 0.4) is 0 Å². The fourth-order valence-electron chi connectivity index (χ4n) is 1.87. The van der Waals surface area contributed by atoms with Gasteiger partial charge in [-0.15, -0.1) is 11.3 Å². The first-order valence-corrected chi connectivity index (χ1v) is 6.50. The lowest BCUT2D eigenvalue weighted by atomic mass is 10.3. The van der Waals surface area contributed by atoms with Gasteiger partial charge in [0.15, 0.2) is 5.13 Å². The number of thiazole rings is 1. The summed E-state index contributed by atoms with van der Waals surface area (Å²) in [5.74, 6) is 0. The molecule has 16 heavy (non-hydrogen) atoms. The molecule has 0 saturated carbocycles. The molecule has 1 aliphatic rings. The highest BCUT2D eigenvalue weighted by molar-refractivity contribution is 7.15. The second-order valence-corrected chi connectivity index (χ2v) is 5.29. The maximum absolute atomic E-state index is 5.09. The number of ether oxygens (including phenoxy) is 1. The number of hydrogen-bond acceptors (Lipinski definition) is 5. The molecule has 0 unspecified atom stereocenters. The molecule has 0 aliphatic carbocycles. The van der Waals surface area contributed by atoms with Crippen molar-refractivity contribution in [1.29, 1.82) is 0 Å². The van der Waals surface area contributed by atoms with Crippen LogP contribution in [0.4, 0.5) is 5.13 Å². The molecule has 0 bridgehead atoms. The molecule has 1 fully saturated rings. The van der Waals surface area contributed by atoms with Crippen LogP contribution < -0.4 is 4.90 Å². The molecule has 0 spiro atoms. The second kappa shape index (κ2) is 5.61. The van der Waals surface area contributed by atoms with E-state index < -0.39 is 0 Å². The lowest BCUT2D eigenvalue weighted by Gasteiger charge is -2.34. The van der Waals surface area contributed by atoms with Crippen LogP contribution in [-0.4, -0.2) is 56.3 Å². The molecular weight excluding hydrogens is 222 g/mol. The standard InChI is InChI=1S/C11H19N3OS/c1-10-9-12-11(16-10)14-5-3-13(4-6-14)7-8-15-2/h9H,3-8H2,1-2H3. The van der Waals surface area contributed by atoms with E-state index >= 15 is 0 Å². The molecule has 0 radical (unpaired) electrons. The number of aryl methyl sites for hydroxylation is 1. The lowest BCUT2D eigenvalue weighted by molar-refractivity contribution is 0.144. The van der Waals surface area contributed by atoms with Crippen molar-refractivity contribution >= 4 is 16.5 Å². The summed E-state index contributed by atoms with van der Waals surface area (Å²) in [5, 5.41) is 1.17. The van der Waals surface area contributed by atoms with Crippen molar-refractivity contribution in [3.05, 3.63) is 11.1 Å². The van der Waals surface area contributed by atoms with Gasteiger partial charge in [0.2, 0.25) is 0 Å². The molecule has 4 nitrogen and oxygen atoms in total. The maximum atomic E-state index is 5.09. The summed E-state index contributed by atoms with van der Waals surface area (Å²) < 4.78 is 5.09. The Morgan fingerprint density at radius 1 is 1.38 bits per heavy atom. The number of hydrogen-bond donors (Lipinski definition) is 0. The molecule has 0 aromatic carbocycles. The van der Waals surface area contributed by atoms with Crippen LogP contribution in [0.15, 0.2) is 6.20 Å². The van der Waals surface area contributed by atoms with E-state index in [1.54, 1.807) is 18.4 Å². The van der Waals surface area contributed by atoms with Crippen LogP contribution in [0.2, 0.25) is 0 Å². The molecule has 1 aromatic rings. The van der Waals surface area contributed by atoms with Gasteiger partial charge in [0.05, 0.1) is 6.61 Å². The zero-order valence-corrected chi connectivity index (χ0v) is 10.8. The number of piperazine rings is 1. The molecule has 5 heteroatoms. The number of methoxy groups -OCH3 is 1. The van der Waals surface area contributed by atoms with Gasteiger partial charge < -0.3 is 9.64 Å². The van der Waals surface area contributed by atoms with Crippen LogP contribution in [0.1, 0.15) is 4.88 Å². The van der Waals surface area contributed by atoms with E-state index in [1.165, 1.54) is 10.0 Å². The molecule has 0 N–H and O–H groups in total. The fraction of sp³-hybridized carbons (Fsp3) is 0.727. The van der Waals surface area contributed by atoms with Gasteiger partial charge in [0.1, 0.15) is 0 Å². The SMILES string of the molecule is COCCN1CCN(c2ncc(C)s2)CC1. The van der Waals surface area contributed by atoms with Gasteiger partial charge in [-0.1, -0.05) is 0 Å². The summed E-state index contributed by atoms with van der Waals surface area (Å²) in [4.78, 5) is 10.5. The first-order valence-electron chi connectivity index (χ1n) is 5.68. The zero-order valence-electron chi connectivity index (χ0n) is 9.98. The highest BCUT2D eigenvalue weighted by Gasteiger charge is 2.18. The summed E-state index contributed by atoms with van der Waals surface area (Å²) in [5.41, 5.74) is 0. The van der Waals surface area contributed by atoms with Crippen LogP contribution in [0, 0.1) is 6.92 Å². The Labute approximate surface area is 101 Å². The van der Waals surface area contributed by atoms with Gasteiger partial charge in [-0.2, -0.15) is 0 Å². The molecule has 2 heterocycles. The second-order valence-electron chi connectivity index (χ2n) is 4.07. The third-order valence-electron chi connectivity index (χ3n) is 2.86. The fourth-order valence-corrected chi connectivity index (χ4v) is 2.68. The number of nitrogens with zero attached hydrogens (tertiary/aromatic N) is 3. The van der Waals surface area contributed by atoms with Crippen LogP contribution in [0.25, 0.3) is 0 Å². The smallest absolute Gasteiger partial charge is 0.185 e. The number of anilines is 1. The number of rotatable bonds is 4. The molecular formula is C11H19N3OS. The van der Waals surface area contributed by atoms with Gasteiger partial charge >= 0.3 is 0 Å². The van der Waals surface area contributed by atoms with Gasteiger partial charge in [0, 0.05) is 50.9 Å². The molecule has 2 rings (SSSR count). The summed E-state index contributed by atoms with van der Waals surface area (Å²) in [6.07, 6.45) is 1.96. The molecule has 0 amide bonds. The molecule has 0 atom stereocenters. The van der Waals surface area contributed by atoms with E-state index in [0.29, 0.717) is 0 Å². The highest BCUT2D eigenvalue weighted by atomic mass is 32.1. The Kier molecular flexibility index (Phi) is 4.15. The number of aromatic nitrogens is 1. The molecule has 1 aromatic heterocycles. The van der Waals surface area contributed by atoms with Gasteiger partial charge in [-0.05, 0) is 6.92 Å². The van der Waals surface area contributed by atoms with Crippen LogP contribution >= 0.6 is 11.3 Å². The quantitative estimate of drug-likeness (QED) is 0.792. The van der Waals surface area contributed by atoms with Crippen molar-refractivity contribution in [3.63, 3.8) is 0 Å². The Morgan fingerprint density at radius 2 is 2.12 bits per heavy atom. The summed E-state index contributed by atoms with van der Waals surface area (Å²) >= 11 is 1.78. The molecule has 90 valence electrons. The minimum Gasteiger partial charge on any atom is -0.383 e. The van der Waals surface area contributed by atoms with Crippen molar-refractivity contribution < 1.29 is 4.74 Å². The Hall–Kier alpha value is -0.650. The first-order chi connectivity index (χ1) is 7.79. The molecule has 1 aliphatic heterocycles. The van der Waals surface area contributed by atoms with Gasteiger partial charge in [-0.25, -0.2) is 4.98 Å². The third kappa shape index (κ3) is 2.93. The monoisotopic (exact) mass is 241 g/mol. The van der Waals surface area contributed by atoms with E-state index in [2.05, 4.69) is 21.7 Å². The minimum absolute atomic E-state index is 0.830. The van der Waals surface area contributed by atoms with E-state index in [4.69, 9.17) is 4.74 Å². The zero-order chi connectivity index (χ0) is 11.4. The van der Waals surface area contributed by atoms with E-state index in [1.807, 2.05) is 6.20 Å². The lowest BCUT2D eigenvalue weighted by Crippen LogP contribution is -2.47. The minimum atomic E-state index is 0.830. The Bertz CT molecular complexity index is 321. The first kappa shape index (κ1) is 11.8. The Balaban J connectivity index is 1.81. The van der Waals surface area contributed by atoms with Crippen molar-refractivity contribution in [2.75, 3.05) is 51.3 Å². The van der Waals surface area contributed by atoms with Crippen molar-refractivity contribution in [2.24, 2.45) is 0 Å². The average Bonchev–Trinajstić information content (AvgIpc) is 2.74. The molecule has 1 saturated heterocycles. The summed E-state index contributed by atoms with van der Waals surface area (Å²) in [6, 6.07) is 0. The van der Waals surface area contributed by atoms with Crippen LogP contribution in [0.5, 0.6) is 0 Å². The van der Waals surface area contributed by atoms with Crippen molar-refractivity contribution in [1.82, 2.24) is 9.88 Å². The normalized spacial score (nSPS) is 18.0. The Morgan fingerprint density at radius 3 is 2.69 bits per heavy atom. The summed E-state index contributed by atoms with van der Waals surface area (Å²) in [7, 11) is 1.76. The third-order valence-corrected chi connectivity index (χ3v) is 3.84. The van der Waals surface area contributed by atoms with Gasteiger partial charge in [-0.3, -0.25) is 4.90 Å². The van der Waals surface area contributed by atoms with Crippen LogP contribution in [-0.2, 0) is 4.74 Å². The van der Waals surface area contributed by atoms with E-state index in [0.717, 1.165) is 39.3 Å². The summed E-state index contributed by atoms with van der Waals surface area (Å²) in [6.45, 7) is 8.37.